The van der Waals surface area contributed by atoms with Crippen LogP contribution in [-0.4, -0.2) is 42.0 Å². The number of para-hydroxylation sites is 1. The average Bonchev–Trinajstić information content (AvgIpc) is 3.04. The zero-order valence-corrected chi connectivity index (χ0v) is 12.7. The molecule has 1 aromatic carbocycles. The van der Waals surface area contributed by atoms with Crippen molar-refractivity contribution in [1.29, 1.82) is 0 Å². The molecule has 2 aliphatic heterocycles. The third-order valence-corrected chi connectivity index (χ3v) is 5.03. The molecule has 0 amide bonds. The maximum atomic E-state index is 10.3. The Morgan fingerprint density at radius 2 is 2.05 bits per heavy atom. The lowest BCUT2D eigenvalue weighted by Crippen LogP contribution is -2.46. The Morgan fingerprint density at radius 1 is 1.14 bits per heavy atom. The zero-order chi connectivity index (χ0) is 14.9. The number of pyridine rings is 1. The quantitative estimate of drug-likeness (QED) is 0.925. The lowest BCUT2D eigenvalue weighted by atomic mass is 9.89. The Morgan fingerprint density at radius 3 is 2.95 bits per heavy atom. The van der Waals surface area contributed by atoms with Crippen molar-refractivity contribution >= 4 is 16.7 Å². The van der Waals surface area contributed by atoms with Gasteiger partial charge < -0.3 is 14.7 Å². The number of aliphatic hydroxyl groups excluding tert-OH is 1. The average molecular weight is 298 g/mol. The molecule has 1 aromatic heterocycles. The summed E-state index contributed by atoms with van der Waals surface area (Å²) in [7, 11) is 0. The highest BCUT2D eigenvalue weighted by Gasteiger charge is 2.38. The number of hydrogen-bond donors (Lipinski definition) is 1. The van der Waals surface area contributed by atoms with Crippen molar-refractivity contribution in [3.63, 3.8) is 0 Å². The lowest BCUT2D eigenvalue weighted by molar-refractivity contribution is -0.0438. The molecule has 2 saturated heterocycles. The van der Waals surface area contributed by atoms with Crippen molar-refractivity contribution in [3.05, 3.63) is 36.4 Å². The Hall–Kier alpha value is -1.65. The zero-order valence-electron chi connectivity index (χ0n) is 12.7. The van der Waals surface area contributed by atoms with Gasteiger partial charge in [-0.3, -0.25) is 0 Å². The summed E-state index contributed by atoms with van der Waals surface area (Å²) in [4.78, 5) is 7.20. The van der Waals surface area contributed by atoms with Gasteiger partial charge in [-0.25, -0.2) is 4.98 Å². The fraction of sp³-hybridized carbons (Fsp3) is 0.500. The summed E-state index contributed by atoms with van der Waals surface area (Å²) in [6.45, 7) is 2.35. The highest BCUT2D eigenvalue weighted by Crippen LogP contribution is 2.33. The third-order valence-electron chi connectivity index (χ3n) is 5.03. The minimum absolute atomic E-state index is 0.199. The van der Waals surface area contributed by atoms with Crippen LogP contribution < -0.4 is 4.90 Å². The number of aliphatic hydroxyl groups is 1. The third kappa shape index (κ3) is 2.46. The van der Waals surface area contributed by atoms with Gasteiger partial charge in [0.15, 0.2) is 0 Å². The van der Waals surface area contributed by atoms with Crippen LogP contribution in [0.25, 0.3) is 10.9 Å². The van der Waals surface area contributed by atoms with Crippen LogP contribution in [-0.2, 0) is 4.74 Å². The Bertz CT molecular complexity index is 660. The number of hydrogen-bond acceptors (Lipinski definition) is 4. The van der Waals surface area contributed by atoms with Gasteiger partial charge in [-0.1, -0.05) is 18.2 Å². The molecular formula is C18H22N2O2. The summed E-state index contributed by atoms with van der Waals surface area (Å²) in [6.07, 6.45) is 2.77. The molecule has 4 heteroatoms. The lowest BCUT2D eigenvalue weighted by Gasteiger charge is -2.37. The predicted octanol–water partition coefficient (Wildman–Crippen LogP) is 2.60. The van der Waals surface area contributed by atoms with Gasteiger partial charge in [-0.15, -0.1) is 0 Å². The van der Waals surface area contributed by atoms with Crippen molar-refractivity contribution in [2.24, 2.45) is 5.92 Å². The molecule has 2 fully saturated rings. The van der Waals surface area contributed by atoms with Crippen LogP contribution in [0.4, 0.5) is 5.82 Å². The topological polar surface area (TPSA) is 45.6 Å². The first-order valence-corrected chi connectivity index (χ1v) is 8.21. The predicted molar refractivity (Wildman–Crippen MR) is 87.0 cm³/mol. The molecule has 3 heterocycles. The molecule has 116 valence electrons. The first kappa shape index (κ1) is 14.0. The molecule has 0 radical (unpaired) electrons. The van der Waals surface area contributed by atoms with Crippen LogP contribution in [0.1, 0.15) is 19.3 Å². The van der Waals surface area contributed by atoms with E-state index in [0.717, 1.165) is 37.1 Å². The number of rotatable bonds is 2. The highest BCUT2D eigenvalue weighted by molar-refractivity contribution is 5.80. The molecule has 1 N–H and O–H groups in total. The summed E-state index contributed by atoms with van der Waals surface area (Å²) < 4.78 is 5.61. The van der Waals surface area contributed by atoms with Gasteiger partial charge in [0.05, 0.1) is 18.2 Å². The van der Waals surface area contributed by atoms with Crippen LogP contribution in [0.15, 0.2) is 36.4 Å². The van der Waals surface area contributed by atoms with E-state index in [4.69, 9.17) is 9.72 Å². The van der Waals surface area contributed by atoms with E-state index in [2.05, 4.69) is 29.2 Å². The number of nitrogens with zero attached hydrogens (tertiary/aromatic N) is 2. The van der Waals surface area contributed by atoms with Crippen molar-refractivity contribution < 1.29 is 9.84 Å². The number of benzene rings is 1. The molecule has 22 heavy (non-hydrogen) atoms. The van der Waals surface area contributed by atoms with Crippen molar-refractivity contribution in [3.8, 4) is 0 Å². The van der Waals surface area contributed by atoms with Gasteiger partial charge in [0.2, 0.25) is 0 Å². The summed E-state index contributed by atoms with van der Waals surface area (Å²) >= 11 is 0. The molecule has 0 bridgehead atoms. The van der Waals surface area contributed by atoms with Gasteiger partial charge in [0.1, 0.15) is 5.82 Å². The summed E-state index contributed by atoms with van der Waals surface area (Å²) in [6, 6.07) is 12.8. The van der Waals surface area contributed by atoms with Crippen molar-refractivity contribution in [2.75, 3.05) is 24.7 Å². The minimum atomic E-state index is -0.250. The molecule has 4 rings (SSSR count). The molecule has 4 nitrogen and oxygen atoms in total. The van der Waals surface area contributed by atoms with Gasteiger partial charge in [-0.2, -0.15) is 0 Å². The second kappa shape index (κ2) is 5.86. The molecular weight excluding hydrogens is 276 g/mol. The van der Waals surface area contributed by atoms with E-state index < -0.39 is 0 Å². The van der Waals surface area contributed by atoms with Crippen LogP contribution in [0.3, 0.4) is 0 Å². The van der Waals surface area contributed by atoms with Crippen LogP contribution in [0, 0.1) is 5.92 Å². The molecule has 0 spiro atoms. The first-order chi connectivity index (χ1) is 10.8. The standard InChI is InChI=1S/C18H22N2O2/c21-17-9-11-22-12-14(17)16-6-3-10-20(16)18-8-7-13-4-1-2-5-15(13)19-18/h1-2,4-5,7-8,14,16-17,21H,3,6,9-12H2/t14-,16+,17-/m1/s1. The number of fused-ring (bicyclic) bond motifs is 1. The molecule has 2 aromatic rings. The fourth-order valence-electron chi connectivity index (χ4n) is 3.85. The maximum absolute atomic E-state index is 10.3. The van der Waals surface area contributed by atoms with Crippen molar-refractivity contribution in [2.45, 2.75) is 31.4 Å². The second-order valence-electron chi connectivity index (χ2n) is 6.36. The van der Waals surface area contributed by atoms with E-state index in [1.165, 1.54) is 5.39 Å². The first-order valence-electron chi connectivity index (χ1n) is 8.21. The van der Waals surface area contributed by atoms with Gasteiger partial charge >= 0.3 is 0 Å². The minimum Gasteiger partial charge on any atom is -0.393 e. The van der Waals surface area contributed by atoms with Crippen LogP contribution in [0.2, 0.25) is 0 Å². The highest BCUT2D eigenvalue weighted by atomic mass is 16.5. The van der Waals surface area contributed by atoms with Crippen molar-refractivity contribution in [1.82, 2.24) is 4.98 Å². The SMILES string of the molecule is O[C@@H]1CCOC[C@@H]1[C@@H]1CCCN1c1ccc2ccccc2n1. The molecule has 2 aliphatic rings. The number of ether oxygens (including phenoxy) is 1. The molecule has 0 saturated carbocycles. The summed E-state index contributed by atoms with van der Waals surface area (Å²) in [5.74, 6) is 1.23. The fourth-order valence-corrected chi connectivity index (χ4v) is 3.85. The summed E-state index contributed by atoms with van der Waals surface area (Å²) in [5, 5.41) is 11.5. The van der Waals surface area contributed by atoms with E-state index in [1.54, 1.807) is 0 Å². The normalized spacial score (nSPS) is 29.1. The summed E-state index contributed by atoms with van der Waals surface area (Å²) in [5.41, 5.74) is 1.03. The van der Waals surface area contributed by atoms with Crippen LogP contribution >= 0.6 is 0 Å². The molecule has 3 atom stereocenters. The van der Waals surface area contributed by atoms with Gasteiger partial charge in [0, 0.05) is 30.5 Å². The van der Waals surface area contributed by atoms with E-state index in [0.29, 0.717) is 19.3 Å². The molecule has 0 aliphatic carbocycles. The number of anilines is 1. The monoisotopic (exact) mass is 298 g/mol. The Labute approximate surface area is 130 Å². The Balaban J connectivity index is 1.64. The maximum Gasteiger partial charge on any atom is 0.129 e. The second-order valence-corrected chi connectivity index (χ2v) is 6.36. The number of aromatic nitrogens is 1. The van der Waals surface area contributed by atoms with E-state index in [9.17, 15) is 5.11 Å². The Kier molecular flexibility index (Phi) is 3.72. The van der Waals surface area contributed by atoms with Crippen LogP contribution in [0.5, 0.6) is 0 Å². The van der Waals surface area contributed by atoms with E-state index in [1.807, 2.05) is 12.1 Å². The van der Waals surface area contributed by atoms with Gasteiger partial charge in [0.25, 0.3) is 0 Å². The van der Waals surface area contributed by atoms with E-state index in [-0.39, 0.29) is 12.0 Å². The van der Waals surface area contributed by atoms with E-state index >= 15 is 0 Å². The van der Waals surface area contributed by atoms with Gasteiger partial charge in [-0.05, 0) is 37.5 Å². The smallest absolute Gasteiger partial charge is 0.129 e. The largest absolute Gasteiger partial charge is 0.393 e. The molecule has 0 unspecified atom stereocenters.